The highest BCUT2D eigenvalue weighted by Gasteiger charge is 2.43. The van der Waals surface area contributed by atoms with Crippen LogP contribution in [0, 0.1) is 0 Å². The Bertz CT molecular complexity index is 701. The molecule has 1 aromatic heterocycles. The molecule has 19 heavy (non-hydrogen) atoms. The molecular formula is C14H14O5. The lowest BCUT2D eigenvalue weighted by atomic mass is 9.88. The van der Waals surface area contributed by atoms with Crippen LogP contribution in [0.1, 0.15) is 25.5 Å². The second kappa shape index (κ2) is 3.82. The van der Waals surface area contributed by atoms with E-state index in [1.807, 2.05) is 0 Å². The van der Waals surface area contributed by atoms with E-state index in [1.54, 1.807) is 32.0 Å². The minimum absolute atomic E-state index is 0.257. The molecule has 0 saturated heterocycles. The molecule has 2 N–H and O–H groups in total. The molecule has 2 atom stereocenters. The summed E-state index contributed by atoms with van der Waals surface area (Å²) >= 11 is 0. The third-order valence-corrected chi connectivity index (χ3v) is 3.47. The number of ether oxygens (including phenoxy) is 1. The smallest absolute Gasteiger partial charge is 0.336 e. The first-order valence-corrected chi connectivity index (χ1v) is 6.02. The van der Waals surface area contributed by atoms with Crippen molar-refractivity contribution < 1.29 is 19.4 Å². The zero-order valence-electron chi connectivity index (χ0n) is 10.6. The van der Waals surface area contributed by atoms with Gasteiger partial charge in [-0.05, 0) is 32.0 Å². The fourth-order valence-electron chi connectivity index (χ4n) is 2.39. The Morgan fingerprint density at radius 3 is 2.58 bits per heavy atom. The summed E-state index contributed by atoms with van der Waals surface area (Å²) in [5, 5.41) is 21.0. The van der Waals surface area contributed by atoms with Gasteiger partial charge < -0.3 is 19.4 Å². The van der Waals surface area contributed by atoms with Crippen LogP contribution in [0.15, 0.2) is 33.5 Å². The molecule has 1 aliphatic rings. The molecular weight excluding hydrogens is 248 g/mol. The average Bonchev–Trinajstić information content (AvgIpc) is 2.35. The second-order valence-electron chi connectivity index (χ2n) is 5.25. The van der Waals surface area contributed by atoms with Crippen LogP contribution < -0.4 is 10.4 Å². The lowest BCUT2D eigenvalue weighted by molar-refractivity contribution is -0.111. The first-order chi connectivity index (χ1) is 8.90. The molecule has 1 aliphatic heterocycles. The molecule has 0 aliphatic carbocycles. The van der Waals surface area contributed by atoms with Gasteiger partial charge in [-0.2, -0.15) is 0 Å². The van der Waals surface area contributed by atoms with Crippen molar-refractivity contribution in [3.8, 4) is 5.75 Å². The van der Waals surface area contributed by atoms with E-state index < -0.39 is 23.4 Å². The molecule has 0 bridgehead atoms. The molecule has 0 radical (unpaired) electrons. The van der Waals surface area contributed by atoms with Gasteiger partial charge in [0, 0.05) is 11.5 Å². The van der Waals surface area contributed by atoms with Gasteiger partial charge in [-0.3, -0.25) is 0 Å². The summed E-state index contributed by atoms with van der Waals surface area (Å²) in [6, 6.07) is 6.37. The monoisotopic (exact) mass is 262 g/mol. The number of aliphatic hydroxyl groups excluding tert-OH is 2. The number of hydrogen-bond donors (Lipinski definition) is 2. The molecule has 100 valence electrons. The van der Waals surface area contributed by atoms with Gasteiger partial charge in [-0.15, -0.1) is 0 Å². The summed E-state index contributed by atoms with van der Waals surface area (Å²) < 4.78 is 10.8. The number of aliphatic hydroxyl groups is 2. The first kappa shape index (κ1) is 12.2. The van der Waals surface area contributed by atoms with Crippen LogP contribution in [-0.4, -0.2) is 21.9 Å². The molecule has 0 saturated carbocycles. The summed E-state index contributed by atoms with van der Waals surface area (Å²) in [6.07, 6.45) is -2.26. The van der Waals surface area contributed by atoms with E-state index in [4.69, 9.17) is 9.15 Å². The zero-order valence-corrected chi connectivity index (χ0v) is 10.6. The number of fused-ring (bicyclic) bond motifs is 3. The lowest BCUT2D eigenvalue weighted by Gasteiger charge is -2.39. The summed E-state index contributed by atoms with van der Waals surface area (Å²) in [5.41, 5.74) is -0.837. The van der Waals surface area contributed by atoms with Crippen molar-refractivity contribution in [2.24, 2.45) is 0 Å². The summed E-state index contributed by atoms with van der Waals surface area (Å²) in [6.45, 7) is 3.38. The minimum Gasteiger partial charge on any atom is -0.485 e. The van der Waals surface area contributed by atoms with Crippen LogP contribution in [0.5, 0.6) is 5.75 Å². The van der Waals surface area contributed by atoms with Crippen molar-refractivity contribution in [2.45, 2.75) is 31.7 Å². The first-order valence-electron chi connectivity index (χ1n) is 6.02. The fourth-order valence-corrected chi connectivity index (χ4v) is 2.39. The minimum atomic E-state index is -1.16. The molecule has 5 heteroatoms. The Kier molecular flexibility index (Phi) is 2.45. The largest absolute Gasteiger partial charge is 0.485 e. The Balaban J connectivity index is 2.33. The molecule has 2 aromatic rings. The van der Waals surface area contributed by atoms with Gasteiger partial charge in [-0.1, -0.05) is 0 Å². The van der Waals surface area contributed by atoms with Crippen molar-refractivity contribution in [2.75, 3.05) is 0 Å². The standard InChI is InChI=1S/C14H14O5/c1-14(2)13(17)11(16)10-8(19-14)5-3-7-4-6-9(15)18-12(7)10/h3-6,11,13,16-17H,1-2H3/t11-,13?/m1/s1. The SMILES string of the molecule is CC1(C)Oc2ccc3ccc(=O)oc3c2[C@@H](O)C1O. The molecule has 1 aromatic carbocycles. The molecule has 0 amide bonds. The van der Waals surface area contributed by atoms with Crippen LogP contribution in [0.3, 0.4) is 0 Å². The quantitative estimate of drug-likeness (QED) is 0.701. The van der Waals surface area contributed by atoms with Crippen molar-refractivity contribution in [1.82, 2.24) is 0 Å². The van der Waals surface area contributed by atoms with Crippen molar-refractivity contribution >= 4 is 11.0 Å². The van der Waals surface area contributed by atoms with Gasteiger partial charge >= 0.3 is 5.63 Å². The average molecular weight is 262 g/mol. The normalized spacial score (nSPS) is 24.8. The van der Waals surface area contributed by atoms with E-state index in [1.165, 1.54) is 6.07 Å². The number of rotatable bonds is 0. The van der Waals surface area contributed by atoms with Crippen LogP contribution >= 0.6 is 0 Å². The van der Waals surface area contributed by atoms with Crippen LogP contribution in [0.2, 0.25) is 0 Å². The lowest BCUT2D eigenvalue weighted by Crippen LogP contribution is -2.48. The van der Waals surface area contributed by atoms with E-state index in [-0.39, 0.29) is 5.58 Å². The highest BCUT2D eigenvalue weighted by Crippen LogP contribution is 2.42. The van der Waals surface area contributed by atoms with E-state index in [2.05, 4.69) is 0 Å². The van der Waals surface area contributed by atoms with E-state index >= 15 is 0 Å². The number of benzene rings is 1. The fraction of sp³-hybridized carbons (Fsp3) is 0.357. The van der Waals surface area contributed by atoms with Crippen molar-refractivity contribution in [1.29, 1.82) is 0 Å². The maximum Gasteiger partial charge on any atom is 0.336 e. The topological polar surface area (TPSA) is 79.9 Å². The van der Waals surface area contributed by atoms with Crippen molar-refractivity contribution in [3.05, 3.63) is 40.2 Å². The van der Waals surface area contributed by atoms with E-state index in [9.17, 15) is 15.0 Å². The maximum absolute atomic E-state index is 11.3. The predicted octanol–water partition coefficient (Wildman–Crippen LogP) is 1.36. The van der Waals surface area contributed by atoms with Crippen molar-refractivity contribution in [3.63, 3.8) is 0 Å². The third-order valence-electron chi connectivity index (χ3n) is 3.47. The predicted molar refractivity (Wildman–Crippen MR) is 68.2 cm³/mol. The van der Waals surface area contributed by atoms with Crippen LogP contribution in [-0.2, 0) is 0 Å². The van der Waals surface area contributed by atoms with Crippen LogP contribution in [0.4, 0.5) is 0 Å². The van der Waals surface area contributed by atoms with Gasteiger partial charge in [0.25, 0.3) is 0 Å². The second-order valence-corrected chi connectivity index (χ2v) is 5.25. The third kappa shape index (κ3) is 1.74. The summed E-state index contributed by atoms with van der Waals surface area (Å²) in [7, 11) is 0. The van der Waals surface area contributed by atoms with Gasteiger partial charge in [-0.25, -0.2) is 4.79 Å². The Morgan fingerprint density at radius 1 is 1.16 bits per heavy atom. The van der Waals surface area contributed by atoms with Gasteiger partial charge in [0.1, 0.15) is 29.1 Å². The Hall–Kier alpha value is -1.85. The number of hydrogen-bond acceptors (Lipinski definition) is 5. The van der Waals surface area contributed by atoms with E-state index in [0.717, 1.165) is 0 Å². The zero-order chi connectivity index (χ0) is 13.8. The molecule has 0 fully saturated rings. The maximum atomic E-state index is 11.3. The van der Waals surface area contributed by atoms with E-state index in [0.29, 0.717) is 16.7 Å². The molecule has 5 nitrogen and oxygen atoms in total. The highest BCUT2D eigenvalue weighted by molar-refractivity contribution is 5.82. The summed E-state index contributed by atoms with van der Waals surface area (Å²) in [5.74, 6) is 0.421. The van der Waals surface area contributed by atoms with Gasteiger partial charge in [0.05, 0.1) is 5.56 Å². The summed E-state index contributed by atoms with van der Waals surface area (Å²) in [4.78, 5) is 11.3. The molecule has 0 spiro atoms. The van der Waals surface area contributed by atoms with Gasteiger partial charge in [0.2, 0.25) is 0 Å². The molecule has 1 unspecified atom stereocenters. The Labute approximate surface area is 109 Å². The van der Waals surface area contributed by atoms with Crippen LogP contribution in [0.25, 0.3) is 11.0 Å². The molecule has 2 heterocycles. The molecule has 3 rings (SSSR count). The highest BCUT2D eigenvalue weighted by atomic mass is 16.5. The Morgan fingerprint density at radius 2 is 1.84 bits per heavy atom. The van der Waals surface area contributed by atoms with Gasteiger partial charge in [0.15, 0.2) is 0 Å².